The van der Waals surface area contributed by atoms with Crippen molar-refractivity contribution in [2.24, 2.45) is 5.92 Å². The highest BCUT2D eigenvalue weighted by Crippen LogP contribution is 2.42. The van der Waals surface area contributed by atoms with Gasteiger partial charge < -0.3 is 20.1 Å². The van der Waals surface area contributed by atoms with Gasteiger partial charge in [-0.25, -0.2) is 18.6 Å². The third-order valence-corrected chi connectivity index (χ3v) is 9.62. The molecule has 3 unspecified atom stereocenters. The van der Waals surface area contributed by atoms with Gasteiger partial charge in [-0.3, -0.25) is 0 Å². The molecule has 3 atom stereocenters. The molecule has 4 rings (SSSR count). The van der Waals surface area contributed by atoms with Crippen LogP contribution >= 0.6 is 11.8 Å². The maximum Gasteiger partial charge on any atom is 0.223 e. The van der Waals surface area contributed by atoms with E-state index in [0.717, 1.165) is 43.7 Å². The Morgan fingerprint density at radius 3 is 2.74 bits per heavy atom. The second-order valence-corrected chi connectivity index (χ2v) is 13.5. The van der Waals surface area contributed by atoms with E-state index < -0.39 is 27.4 Å². The fourth-order valence-corrected chi connectivity index (χ4v) is 6.05. The van der Waals surface area contributed by atoms with E-state index in [1.165, 1.54) is 23.9 Å². The average Bonchev–Trinajstić information content (AvgIpc) is 3.68. The van der Waals surface area contributed by atoms with Gasteiger partial charge in [0, 0.05) is 24.7 Å². The highest BCUT2D eigenvalue weighted by molar-refractivity contribution is 8.11. The van der Waals surface area contributed by atoms with Gasteiger partial charge in [0.15, 0.2) is 11.6 Å². The van der Waals surface area contributed by atoms with E-state index in [1.54, 1.807) is 12.3 Å². The first-order valence-corrected chi connectivity index (χ1v) is 15.3. The largest absolute Gasteiger partial charge is 0.457 e. The normalized spacial score (nSPS) is 20.4. The minimum absolute atomic E-state index is 0.136. The van der Waals surface area contributed by atoms with Crippen molar-refractivity contribution in [2.75, 3.05) is 23.1 Å². The molecule has 0 spiro atoms. The van der Waals surface area contributed by atoms with Gasteiger partial charge in [0.1, 0.15) is 16.7 Å². The molecule has 0 radical (unpaired) electrons. The van der Waals surface area contributed by atoms with Crippen LogP contribution in [0.1, 0.15) is 65.5 Å². The molecule has 2 aliphatic rings. The summed E-state index contributed by atoms with van der Waals surface area (Å²) >= 11 is 1.37. The molecule has 2 heterocycles. The summed E-state index contributed by atoms with van der Waals surface area (Å²) in [7, 11) is -1.51. The topological polar surface area (TPSA) is 88.2 Å². The number of thioether (sulfide) groups is 1. The monoisotopic (exact) mass is 577 g/mol. The zero-order chi connectivity index (χ0) is 28.2. The van der Waals surface area contributed by atoms with Crippen molar-refractivity contribution in [3.63, 3.8) is 0 Å². The third kappa shape index (κ3) is 7.37. The number of anilines is 2. The van der Waals surface area contributed by atoms with E-state index in [2.05, 4.69) is 26.9 Å². The third-order valence-electron chi connectivity index (χ3n) is 6.95. The Balaban J connectivity index is 1.67. The molecular weight excluding hydrogens is 540 g/mol. The molecule has 1 aromatic heterocycles. The van der Waals surface area contributed by atoms with Crippen molar-refractivity contribution in [3.8, 4) is 5.75 Å². The van der Waals surface area contributed by atoms with Crippen molar-refractivity contribution in [1.29, 1.82) is 0 Å². The van der Waals surface area contributed by atoms with Gasteiger partial charge in [-0.1, -0.05) is 32.2 Å². The summed E-state index contributed by atoms with van der Waals surface area (Å²) in [5, 5.41) is 6.76. The summed E-state index contributed by atoms with van der Waals surface area (Å²) in [6.07, 6.45) is 6.03. The molecule has 0 bridgehead atoms. The summed E-state index contributed by atoms with van der Waals surface area (Å²) < 4.78 is 51.2. The number of benzene rings is 1. The summed E-state index contributed by atoms with van der Waals surface area (Å²) in [5.41, 5.74) is 0.451. The highest BCUT2D eigenvalue weighted by Gasteiger charge is 2.44. The van der Waals surface area contributed by atoms with E-state index in [-0.39, 0.29) is 23.4 Å². The molecule has 1 aliphatic carbocycles. The van der Waals surface area contributed by atoms with E-state index >= 15 is 8.78 Å². The van der Waals surface area contributed by atoms with Gasteiger partial charge in [0.25, 0.3) is 0 Å². The Kier molecular flexibility index (Phi) is 9.66. The van der Waals surface area contributed by atoms with Crippen LogP contribution in [0.4, 0.5) is 20.4 Å². The Morgan fingerprint density at radius 1 is 1.33 bits per heavy atom. The zero-order valence-electron chi connectivity index (χ0n) is 22.9. The van der Waals surface area contributed by atoms with Crippen LogP contribution in [0.3, 0.4) is 0 Å². The Bertz CT molecular complexity index is 1260. The van der Waals surface area contributed by atoms with Gasteiger partial charge in [0.2, 0.25) is 11.8 Å². The van der Waals surface area contributed by atoms with E-state index in [9.17, 15) is 4.21 Å². The van der Waals surface area contributed by atoms with Crippen molar-refractivity contribution >= 4 is 39.3 Å². The van der Waals surface area contributed by atoms with E-state index in [1.807, 2.05) is 27.7 Å². The highest BCUT2D eigenvalue weighted by atomic mass is 32.2. The minimum atomic E-state index is -1.51. The fourth-order valence-electron chi connectivity index (χ4n) is 4.06. The van der Waals surface area contributed by atoms with Crippen LogP contribution in [-0.4, -0.2) is 38.1 Å². The van der Waals surface area contributed by atoms with Gasteiger partial charge in [-0.15, -0.1) is 0 Å². The molecule has 7 nitrogen and oxygen atoms in total. The number of allylic oxidation sites excluding steroid dienone is 2. The van der Waals surface area contributed by atoms with Gasteiger partial charge in [-0.2, -0.15) is 4.39 Å². The molecule has 0 amide bonds. The van der Waals surface area contributed by atoms with Crippen LogP contribution in [0, 0.1) is 17.6 Å². The first-order chi connectivity index (χ1) is 18.6. The van der Waals surface area contributed by atoms with E-state index in [0.29, 0.717) is 28.7 Å². The molecule has 11 heteroatoms. The quantitative estimate of drug-likeness (QED) is 0.245. The summed E-state index contributed by atoms with van der Waals surface area (Å²) in [4.78, 5) is 10.6. The summed E-state index contributed by atoms with van der Waals surface area (Å²) in [5.74, 6) is -1.71. The van der Waals surface area contributed by atoms with Crippen LogP contribution in [-0.2, 0) is 11.0 Å². The lowest BCUT2D eigenvalue weighted by molar-refractivity contribution is 0.333. The van der Waals surface area contributed by atoms with Gasteiger partial charge in [-0.05, 0) is 75.6 Å². The molecule has 1 aliphatic heterocycles. The average molecular weight is 578 g/mol. The molecule has 2 aromatic rings. The van der Waals surface area contributed by atoms with Crippen molar-refractivity contribution in [3.05, 3.63) is 59.0 Å². The number of hydrogen-bond acceptors (Lipinski definition) is 7. The Hall–Kier alpha value is -2.50. The maximum absolute atomic E-state index is 15.3. The number of nitrogens with one attached hydrogen (secondary N) is 3. The second-order valence-electron chi connectivity index (χ2n) is 10.4. The maximum atomic E-state index is 15.3. The molecular formula is C28H37F2N5O2S2. The molecule has 39 heavy (non-hydrogen) atoms. The van der Waals surface area contributed by atoms with Gasteiger partial charge in [0.05, 0.1) is 21.0 Å². The lowest BCUT2D eigenvalue weighted by atomic mass is 10.1. The summed E-state index contributed by atoms with van der Waals surface area (Å²) in [6, 6.07) is 4.73. The smallest absolute Gasteiger partial charge is 0.223 e. The van der Waals surface area contributed by atoms with Crippen LogP contribution in [0.2, 0.25) is 0 Å². The fraction of sp³-hybridized carbons (Fsp3) is 0.500. The SMILES string of the molecule is C=C(C)S/C(=C(/Oc1ccc(NS(=O)C2(C)CC2)c(F)c1F)C(C)CC)c1ccnc(NC2CCCNC2)n1. The molecule has 1 saturated heterocycles. The predicted octanol–water partition coefficient (Wildman–Crippen LogP) is 6.61. The summed E-state index contributed by atoms with van der Waals surface area (Å²) in [6.45, 7) is 13.6. The molecule has 1 saturated carbocycles. The molecule has 2 fully saturated rings. The van der Waals surface area contributed by atoms with Crippen LogP contribution in [0.25, 0.3) is 4.91 Å². The van der Waals surface area contributed by atoms with Crippen molar-refractivity contribution in [1.82, 2.24) is 15.3 Å². The number of halogens is 2. The molecule has 3 N–H and O–H groups in total. The van der Waals surface area contributed by atoms with Gasteiger partial charge >= 0.3 is 0 Å². The predicted molar refractivity (Wildman–Crippen MR) is 157 cm³/mol. The standard InChI is InChI=1S/C28H37F2N5O2S2/c1-6-18(4)25(37-22-10-9-20(23(29)24(22)30)35-39(36)28(5)12-13-28)26(38-17(2)3)21-11-15-32-27(34-21)33-19-8-7-14-31-16-19/h9-11,15,18-19,31,35H,2,6-8,12-14,16H2,1,3-5H3,(H,32,33,34)/b26-25+. The van der Waals surface area contributed by atoms with Crippen LogP contribution < -0.4 is 20.1 Å². The first kappa shape index (κ1) is 29.5. The molecule has 1 aromatic carbocycles. The molecule has 212 valence electrons. The lowest BCUT2D eigenvalue weighted by Gasteiger charge is -2.24. The number of rotatable bonds is 12. The second kappa shape index (κ2) is 12.8. The van der Waals surface area contributed by atoms with Crippen molar-refractivity contribution < 1.29 is 17.7 Å². The minimum Gasteiger partial charge on any atom is -0.457 e. The number of hydrogen-bond donors (Lipinski definition) is 3. The van der Waals surface area contributed by atoms with Crippen LogP contribution in [0.15, 0.2) is 41.6 Å². The first-order valence-electron chi connectivity index (χ1n) is 13.3. The zero-order valence-corrected chi connectivity index (χ0v) is 24.5. The Morgan fingerprint density at radius 2 is 2.10 bits per heavy atom. The van der Waals surface area contributed by atoms with Crippen molar-refractivity contribution in [2.45, 2.75) is 70.6 Å². The Labute approximate surface area is 236 Å². The number of aromatic nitrogens is 2. The van der Waals surface area contributed by atoms with E-state index in [4.69, 9.17) is 9.72 Å². The lowest BCUT2D eigenvalue weighted by Crippen LogP contribution is -2.38. The number of nitrogens with zero attached hydrogens (tertiary/aromatic N) is 2. The van der Waals surface area contributed by atoms with Crippen LogP contribution in [0.5, 0.6) is 5.75 Å². The number of ether oxygens (including phenoxy) is 1. The number of piperidine rings is 1.